The van der Waals surface area contributed by atoms with Gasteiger partial charge in [-0.1, -0.05) is 0 Å². The van der Waals surface area contributed by atoms with Gasteiger partial charge < -0.3 is 14.0 Å². The van der Waals surface area contributed by atoms with E-state index in [1.54, 1.807) is 0 Å². The van der Waals surface area contributed by atoms with Crippen LogP contribution < -0.4 is 0 Å². The summed E-state index contributed by atoms with van der Waals surface area (Å²) in [4.78, 5) is 10.9. The fourth-order valence-electron chi connectivity index (χ4n) is 1.05. The zero-order valence-corrected chi connectivity index (χ0v) is 7.43. The van der Waals surface area contributed by atoms with Crippen molar-refractivity contribution >= 4 is 15.4 Å². The van der Waals surface area contributed by atoms with Crippen molar-refractivity contribution in [3.05, 3.63) is 0 Å². The van der Waals surface area contributed by atoms with Crippen LogP contribution in [0.5, 0.6) is 0 Å². The maximum Gasteiger partial charge on any atom is 0.337 e. The predicted octanol–water partition coefficient (Wildman–Crippen LogP) is 0.124. The number of esters is 1. The number of rotatable bonds is 2. The van der Waals surface area contributed by atoms with Crippen LogP contribution in [0.2, 0.25) is 0 Å². The van der Waals surface area contributed by atoms with Crippen molar-refractivity contribution in [1.82, 2.24) is 0 Å². The van der Waals surface area contributed by atoms with Crippen molar-refractivity contribution in [2.45, 2.75) is 18.6 Å². The summed E-state index contributed by atoms with van der Waals surface area (Å²) in [5.41, 5.74) is 0. The van der Waals surface area contributed by atoms with Gasteiger partial charge in [-0.25, -0.2) is 4.79 Å². The summed E-state index contributed by atoms with van der Waals surface area (Å²) in [7, 11) is 3.46. The zero-order chi connectivity index (χ0) is 8.27. The molecule has 64 valence electrons. The minimum Gasteiger partial charge on any atom is -0.467 e. The first-order chi connectivity index (χ1) is 5.29. The highest BCUT2D eigenvalue weighted by atomic mass is 31.0. The summed E-state index contributed by atoms with van der Waals surface area (Å²) in [5, 5.41) is 0. The maximum atomic E-state index is 10.9. The normalized spacial score (nSPS) is 30.4. The minimum absolute atomic E-state index is 0.174. The highest BCUT2D eigenvalue weighted by Crippen LogP contribution is 2.19. The Hall–Kier alpha value is -0.180. The molecule has 1 fully saturated rings. The molecule has 0 saturated carbocycles. The Morgan fingerprint density at radius 1 is 1.73 bits per heavy atom. The van der Waals surface area contributed by atoms with Crippen molar-refractivity contribution in [3.8, 4) is 0 Å². The number of carbonyl (C=O) groups excluding carboxylic acids is 1. The molecule has 1 rings (SSSR count). The number of methoxy groups -OCH3 is 1. The summed E-state index contributed by atoms with van der Waals surface area (Å²) in [5.74, 6) is -0.366. The van der Waals surface area contributed by atoms with Crippen LogP contribution in [0.3, 0.4) is 0 Å². The second kappa shape index (κ2) is 4.00. The molecule has 0 radical (unpaired) electrons. The number of hydrogen-bond donors (Lipinski definition) is 0. The highest BCUT2D eigenvalue weighted by molar-refractivity contribution is 7.09. The lowest BCUT2D eigenvalue weighted by Crippen LogP contribution is -2.31. The molecule has 0 spiro atoms. The molecule has 1 aliphatic rings. The Balaban J connectivity index is 2.49. The third kappa shape index (κ3) is 1.89. The van der Waals surface area contributed by atoms with E-state index in [0.717, 1.165) is 6.42 Å². The van der Waals surface area contributed by atoms with Gasteiger partial charge in [0.15, 0.2) is 6.10 Å². The van der Waals surface area contributed by atoms with E-state index in [4.69, 9.17) is 9.26 Å². The van der Waals surface area contributed by atoms with Crippen molar-refractivity contribution < 1.29 is 18.8 Å². The smallest absolute Gasteiger partial charge is 0.337 e. The molecule has 0 aromatic heterocycles. The molecule has 0 bridgehead atoms. The van der Waals surface area contributed by atoms with Gasteiger partial charge in [0.05, 0.1) is 13.7 Å². The third-order valence-corrected chi connectivity index (χ3v) is 2.00. The molecule has 0 N–H and O–H groups in total. The number of carbonyl (C=O) groups is 1. The van der Waals surface area contributed by atoms with Crippen LogP contribution in [0.15, 0.2) is 0 Å². The topological polar surface area (TPSA) is 44.8 Å². The first kappa shape index (κ1) is 8.91. The van der Waals surface area contributed by atoms with Gasteiger partial charge in [0.1, 0.15) is 6.10 Å². The van der Waals surface area contributed by atoms with E-state index >= 15 is 0 Å². The van der Waals surface area contributed by atoms with E-state index in [9.17, 15) is 4.79 Å². The van der Waals surface area contributed by atoms with E-state index < -0.39 is 6.10 Å². The maximum absolute atomic E-state index is 10.9. The van der Waals surface area contributed by atoms with Gasteiger partial charge in [-0.2, -0.15) is 0 Å². The van der Waals surface area contributed by atoms with Gasteiger partial charge >= 0.3 is 5.97 Å². The third-order valence-electron chi connectivity index (χ3n) is 1.65. The van der Waals surface area contributed by atoms with Gasteiger partial charge in [0.2, 0.25) is 0 Å². The van der Waals surface area contributed by atoms with Gasteiger partial charge in [-0.05, 0) is 0 Å². The average Bonchev–Trinajstić information content (AvgIpc) is 2.50. The minimum atomic E-state index is -0.544. The fraction of sp³-hybridized carbons (Fsp3) is 0.833. The largest absolute Gasteiger partial charge is 0.467 e. The molecule has 1 saturated heterocycles. The number of hydrogen-bond acceptors (Lipinski definition) is 4. The van der Waals surface area contributed by atoms with Gasteiger partial charge in [-0.15, -0.1) is 0 Å². The second-order valence-electron chi connectivity index (χ2n) is 2.28. The molecular weight excluding hydrogens is 167 g/mol. The molecule has 3 atom stereocenters. The van der Waals surface area contributed by atoms with Crippen molar-refractivity contribution in [1.29, 1.82) is 0 Å². The lowest BCUT2D eigenvalue weighted by atomic mass is 10.2. The first-order valence-electron chi connectivity index (χ1n) is 3.34. The SMILES string of the molecule is COC(=O)C1OCCC1OP. The molecule has 5 heteroatoms. The summed E-state index contributed by atoms with van der Waals surface area (Å²) in [6.07, 6.45) is 0.0217. The predicted molar refractivity (Wildman–Crippen MR) is 41.0 cm³/mol. The van der Waals surface area contributed by atoms with Crippen LogP contribution in [0, 0.1) is 0 Å². The standard InChI is InChI=1S/C6H11O4P/c1-8-6(7)5-4(10-11)2-3-9-5/h4-5H,2-3,11H2,1H3. The Bertz CT molecular complexity index is 150. The summed E-state index contributed by atoms with van der Waals surface area (Å²) in [6.45, 7) is 0.554. The quantitative estimate of drug-likeness (QED) is 0.445. The molecule has 0 amide bonds. The van der Waals surface area contributed by atoms with Gasteiger partial charge in [-0.3, -0.25) is 0 Å². The van der Waals surface area contributed by atoms with E-state index in [-0.39, 0.29) is 12.1 Å². The first-order valence-corrected chi connectivity index (χ1v) is 3.81. The molecule has 0 aromatic carbocycles. The van der Waals surface area contributed by atoms with Crippen LogP contribution in [0.4, 0.5) is 0 Å². The van der Waals surface area contributed by atoms with E-state index in [2.05, 4.69) is 14.2 Å². The molecule has 0 aromatic rings. The second-order valence-corrected chi connectivity index (χ2v) is 2.55. The molecule has 0 aliphatic carbocycles. The molecule has 1 heterocycles. The summed E-state index contributed by atoms with van der Waals surface area (Å²) >= 11 is 0. The molecule has 4 nitrogen and oxygen atoms in total. The lowest BCUT2D eigenvalue weighted by molar-refractivity contribution is -0.154. The summed E-state index contributed by atoms with van der Waals surface area (Å²) in [6, 6.07) is 0. The molecule has 11 heavy (non-hydrogen) atoms. The Morgan fingerprint density at radius 2 is 2.45 bits per heavy atom. The Labute approximate surface area is 67.5 Å². The highest BCUT2D eigenvalue weighted by Gasteiger charge is 2.35. The lowest BCUT2D eigenvalue weighted by Gasteiger charge is -2.13. The van der Waals surface area contributed by atoms with Crippen LogP contribution in [-0.2, 0) is 18.8 Å². The van der Waals surface area contributed by atoms with Crippen LogP contribution >= 0.6 is 9.47 Å². The Kier molecular flexibility index (Phi) is 3.24. The van der Waals surface area contributed by atoms with E-state index in [1.807, 2.05) is 0 Å². The molecule has 3 unspecified atom stereocenters. The summed E-state index contributed by atoms with van der Waals surface area (Å²) < 4.78 is 14.5. The zero-order valence-electron chi connectivity index (χ0n) is 6.28. The monoisotopic (exact) mass is 178 g/mol. The number of ether oxygens (including phenoxy) is 2. The van der Waals surface area contributed by atoms with Gasteiger partial charge in [0.25, 0.3) is 0 Å². The van der Waals surface area contributed by atoms with Crippen LogP contribution in [0.25, 0.3) is 0 Å². The fourth-order valence-corrected chi connectivity index (χ4v) is 1.32. The van der Waals surface area contributed by atoms with Crippen LogP contribution in [0.1, 0.15) is 6.42 Å². The van der Waals surface area contributed by atoms with E-state index in [0.29, 0.717) is 6.61 Å². The Morgan fingerprint density at radius 3 is 3.00 bits per heavy atom. The molecule has 1 aliphatic heterocycles. The van der Waals surface area contributed by atoms with Crippen molar-refractivity contribution in [3.63, 3.8) is 0 Å². The van der Waals surface area contributed by atoms with Crippen LogP contribution in [-0.4, -0.2) is 31.9 Å². The van der Waals surface area contributed by atoms with E-state index in [1.165, 1.54) is 7.11 Å². The average molecular weight is 178 g/mol. The van der Waals surface area contributed by atoms with Gasteiger partial charge in [0, 0.05) is 15.9 Å². The van der Waals surface area contributed by atoms with Crippen molar-refractivity contribution in [2.75, 3.05) is 13.7 Å². The van der Waals surface area contributed by atoms with Crippen molar-refractivity contribution in [2.24, 2.45) is 0 Å². The molecular formula is C6H11O4P.